The average Bonchev–Trinajstić information content (AvgIpc) is 0.811. The molecule has 0 aliphatic carbocycles. The molecule has 7 heavy (non-hydrogen) atoms. The van der Waals surface area contributed by atoms with Gasteiger partial charge in [0.15, 0.2) is 0 Å². The number of hydrogen-bond acceptors (Lipinski definition) is 1. The van der Waals surface area contributed by atoms with E-state index in [1.54, 1.807) is 0 Å². The van der Waals surface area contributed by atoms with Crippen molar-refractivity contribution in [3.05, 3.63) is 0 Å². The van der Waals surface area contributed by atoms with E-state index in [0.717, 1.165) is 0 Å². The summed E-state index contributed by atoms with van der Waals surface area (Å²) in [6.07, 6.45) is 0. The standard InChI is InChI=1S/H2O3Si.O.2Zn/c1-4(2)3;;;/h1-2H;;;/q;-2;2*+2. The molecule has 0 aromatic carbocycles. The Balaban J connectivity index is -0.0000000150. The molecule has 2 N–H and O–H groups in total. The molecule has 7 heteroatoms. The second kappa shape index (κ2) is 15.8. The molecular weight excluding hydrogens is 223 g/mol. The first-order chi connectivity index (χ1) is 1.73. The first kappa shape index (κ1) is 24.9. The van der Waals surface area contributed by atoms with Crippen molar-refractivity contribution < 1.29 is 58.5 Å². The predicted octanol–water partition coefficient (Wildman–Crippen LogP) is -1.74. The van der Waals surface area contributed by atoms with Gasteiger partial charge in [-0.1, -0.05) is 0 Å². The van der Waals surface area contributed by atoms with Crippen LogP contribution in [0.1, 0.15) is 0 Å². The molecule has 0 heterocycles. The van der Waals surface area contributed by atoms with E-state index in [2.05, 4.69) is 0 Å². The molecule has 4 nitrogen and oxygen atoms in total. The largest absolute Gasteiger partial charge is 2.00 e. The van der Waals surface area contributed by atoms with Crippen molar-refractivity contribution in [2.24, 2.45) is 0 Å². The molecule has 0 aromatic rings. The molecule has 32 valence electrons. The SMILES string of the molecule is O=[Si](O)O.[O-2].[Zn+2].[Zn+2]. The van der Waals surface area contributed by atoms with Crippen LogP contribution in [0.5, 0.6) is 0 Å². The van der Waals surface area contributed by atoms with Crippen LogP contribution in [-0.2, 0) is 48.9 Å². The molecule has 0 amide bonds. The maximum atomic E-state index is 8.74. The van der Waals surface area contributed by atoms with Crippen LogP contribution in [-0.4, -0.2) is 18.8 Å². The molecule has 0 radical (unpaired) electrons. The van der Waals surface area contributed by atoms with E-state index in [0.29, 0.717) is 0 Å². The van der Waals surface area contributed by atoms with Crippen LogP contribution in [0.2, 0.25) is 0 Å². The first-order valence-corrected chi connectivity index (χ1v) is 1.95. The van der Waals surface area contributed by atoms with Crippen molar-refractivity contribution in [1.29, 1.82) is 0 Å². The fraction of sp³-hybridized carbons (Fsp3) is 0. The second-order valence-electron chi connectivity index (χ2n) is 0.283. The second-order valence-corrected chi connectivity index (χ2v) is 0.848. The maximum absolute atomic E-state index is 8.74. The Labute approximate surface area is 67.7 Å². The third kappa shape index (κ3) is 234. The Kier molecular flexibility index (Phi) is 56.3. The van der Waals surface area contributed by atoms with Crippen molar-refractivity contribution in [2.45, 2.75) is 0 Å². The average molecular weight is 225 g/mol. The van der Waals surface area contributed by atoms with E-state index >= 15 is 0 Å². The van der Waals surface area contributed by atoms with Crippen molar-refractivity contribution in [2.75, 3.05) is 0 Å². The summed E-state index contributed by atoms with van der Waals surface area (Å²) in [7, 11) is -3.13. The molecule has 0 saturated carbocycles. The van der Waals surface area contributed by atoms with Gasteiger partial charge in [-0.3, -0.25) is 4.46 Å². The third-order valence-corrected chi connectivity index (χ3v) is 0. The van der Waals surface area contributed by atoms with E-state index in [4.69, 9.17) is 14.1 Å². The van der Waals surface area contributed by atoms with Crippen molar-refractivity contribution in [3.63, 3.8) is 0 Å². The van der Waals surface area contributed by atoms with Crippen molar-refractivity contribution in [1.82, 2.24) is 0 Å². The van der Waals surface area contributed by atoms with Gasteiger partial charge in [-0.2, -0.15) is 0 Å². The van der Waals surface area contributed by atoms with Crippen LogP contribution >= 0.6 is 0 Å². The van der Waals surface area contributed by atoms with Crippen LogP contribution in [0.15, 0.2) is 0 Å². The monoisotopic (exact) mass is 222 g/mol. The van der Waals surface area contributed by atoms with Crippen LogP contribution in [0, 0.1) is 0 Å². The van der Waals surface area contributed by atoms with E-state index in [9.17, 15) is 0 Å². The molecule has 0 atom stereocenters. The molecule has 0 unspecified atom stereocenters. The zero-order chi connectivity index (χ0) is 3.58. The molecule has 0 fully saturated rings. The topological polar surface area (TPSA) is 86.0 Å². The van der Waals surface area contributed by atoms with Crippen molar-refractivity contribution in [3.8, 4) is 0 Å². The fourth-order valence-corrected chi connectivity index (χ4v) is 0. The van der Waals surface area contributed by atoms with Crippen LogP contribution in [0.4, 0.5) is 0 Å². The van der Waals surface area contributed by atoms with E-state index < -0.39 is 9.17 Å². The first-order valence-electron chi connectivity index (χ1n) is 0.651. The van der Waals surface area contributed by atoms with Crippen molar-refractivity contribution >= 4 is 9.17 Å². The number of hydrogen-bond donors (Lipinski definition) is 2. The van der Waals surface area contributed by atoms with Crippen LogP contribution in [0.25, 0.3) is 0 Å². The minimum atomic E-state index is -3.13. The Hall–Kier alpha value is 0.824. The van der Waals surface area contributed by atoms with E-state index in [1.165, 1.54) is 0 Å². The summed E-state index contributed by atoms with van der Waals surface area (Å²) < 4.78 is 8.74. The summed E-state index contributed by atoms with van der Waals surface area (Å²) in [6.45, 7) is 0. The molecule has 0 rings (SSSR count). The van der Waals surface area contributed by atoms with Gasteiger partial charge in [0.05, 0.1) is 0 Å². The Bertz CT molecular complexity index is 32.7. The summed E-state index contributed by atoms with van der Waals surface area (Å²) in [5, 5.41) is 0. The maximum Gasteiger partial charge on any atom is 2.00 e. The van der Waals surface area contributed by atoms with Gasteiger partial charge in [-0.25, -0.2) is 0 Å². The molecule has 0 aliphatic heterocycles. The van der Waals surface area contributed by atoms with Gasteiger partial charge in [0.2, 0.25) is 0 Å². The molecule has 0 bridgehead atoms. The molecule has 0 saturated heterocycles. The normalized spacial score (nSPS) is 3.43. The zero-order valence-electron chi connectivity index (χ0n) is 3.63. The summed E-state index contributed by atoms with van der Waals surface area (Å²) in [5.74, 6) is 0. The smallest absolute Gasteiger partial charge is 2.00 e. The minimum Gasteiger partial charge on any atom is -2.00 e. The van der Waals surface area contributed by atoms with Gasteiger partial charge in [0, 0.05) is 0 Å². The number of rotatable bonds is 0. The molecule has 0 aliphatic rings. The quantitative estimate of drug-likeness (QED) is 0.480. The fourth-order valence-electron chi connectivity index (χ4n) is 0. The van der Waals surface area contributed by atoms with Gasteiger partial charge >= 0.3 is 48.1 Å². The minimum absolute atomic E-state index is 0. The summed E-state index contributed by atoms with van der Waals surface area (Å²) in [4.78, 5) is 14.3. The van der Waals surface area contributed by atoms with Gasteiger partial charge in [-0.05, 0) is 0 Å². The zero-order valence-corrected chi connectivity index (χ0v) is 10.6. The van der Waals surface area contributed by atoms with E-state index in [1.807, 2.05) is 0 Å². The van der Waals surface area contributed by atoms with Gasteiger partial charge in [0.1, 0.15) is 0 Å². The van der Waals surface area contributed by atoms with Gasteiger partial charge in [0.25, 0.3) is 0 Å². The van der Waals surface area contributed by atoms with Gasteiger partial charge < -0.3 is 15.1 Å². The van der Waals surface area contributed by atoms with Crippen LogP contribution in [0.3, 0.4) is 0 Å². The predicted molar refractivity (Wildman–Crippen MR) is 11.6 cm³/mol. The Morgan fingerprint density at radius 3 is 1.14 bits per heavy atom. The Morgan fingerprint density at radius 2 is 1.14 bits per heavy atom. The molecule has 0 spiro atoms. The molecule has 0 aromatic heterocycles. The summed E-state index contributed by atoms with van der Waals surface area (Å²) >= 11 is 0. The Morgan fingerprint density at radius 1 is 1.14 bits per heavy atom. The van der Waals surface area contributed by atoms with Crippen LogP contribution < -0.4 is 0 Å². The van der Waals surface area contributed by atoms with E-state index in [-0.39, 0.29) is 44.4 Å². The third-order valence-electron chi connectivity index (χ3n) is 0. The summed E-state index contributed by atoms with van der Waals surface area (Å²) in [5.41, 5.74) is 0. The van der Waals surface area contributed by atoms with Gasteiger partial charge in [-0.15, -0.1) is 0 Å². The summed E-state index contributed by atoms with van der Waals surface area (Å²) in [6, 6.07) is 0. The molecular formula is H2O4SiZn2+2.